The molecule has 4 heteroatoms. The van der Waals surface area contributed by atoms with E-state index in [2.05, 4.69) is 43.2 Å². The zero-order valence-corrected chi connectivity index (χ0v) is 17.6. The van der Waals surface area contributed by atoms with Crippen LogP contribution in [-0.2, 0) is 25.5 Å². The van der Waals surface area contributed by atoms with Gasteiger partial charge in [-0.2, -0.15) is 12.2 Å². The van der Waals surface area contributed by atoms with Gasteiger partial charge in [-0.3, -0.25) is 12.2 Å². The molecule has 0 bridgehead atoms. The van der Waals surface area contributed by atoms with Crippen LogP contribution in [0, 0.1) is 12.2 Å². The second kappa shape index (κ2) is 20.4. The van der Waals surface area contributed by atoms with Crippen LogP contribution >= 0.6 is 0 Å². The number of hydrogen-bond acceptors (Lipinski definition) is 1. The maximum atomic E-state index is 5.42. The Morgan fingerprint density at radius 3 is 1.67 bits per heavy atom. The summed E-state index contributed by atoms with van der Waals surface area (Å²) in [4.78, 5) is 0. The van der Waals surface area contributed by atoms with E-state index in [0.29, 0.717) is 0 Å². The molecule has 1 saturated heterocycles. The Kier molecular flexibility index (Phi) is 23.0. The van der Waals surface area contributed by atoms with Gasteiger partial charge in [-0.15, -0.1) is 12.8 Å². The predicted octanol–water partition coefficient (Wildman–Crippen LogP) is 4.55. The largest absolute Gasteiger partial charge is 2.00 e. The zero-order valence-electron chi connectivity index (χ0n) is 13.8. The fourth-order valence-electron chi connectivity index (χ4n) is 1.58. The standard InChI is InChI=1S/2C5H5.C4H8O.C2H7Si.CH3.Al.Ti/c2*1-2-4-5-3-1;1-2-3-4-5;1-3-2;;;/h2*1-3H,4H2;1-4H2;3H,1-2H3;1H3;;/q3*-1;;;+1;+2. The Balaban J connectivity index is 0. The van der Waals surface area contributed by atoms with Crippen LogP contribution < -0.4 is 0 Å². The van der Waals surface area contributed by atoms with E-state index >= 15 is 0 Å². The molecule has 0 aromatic rings. The van der Waals surface area contributed by atoms with Crippen LogP contribution in [-0.4, -0.2) is 30.6 Å². The number of allylic oxidation sites excluding steroid dienone is 8. The molecule has 0 spiro atoms. The Morgan fingerprint density at radius 1 is 1.00 bits per heavy atom. The molecule has 21 heavy (non-hydrogen) atoms. The van der Waals surface area contributed by atoms with E-state index < -0.39 is 14.5 Å². The summed E-state index contributed by atoms with van der Waals surface area (Å²) < 4.78 is 5.42. The Hall–Kier alpha value is 0.384. The first kappa shape index (κ1) is 23.6. The summed E-state index contributed by atoms with van der Waals surface area (Å²) in [5.41, 5.74) is 0. The van der Waals surface area contributed by atoms with Crippen LogP contribution in [0.3, 0.4) is 0 Å². The molecule has 0 saturated carbocycles. The fraction of sp³-hybridized carbons (Fsp3) is 0.529. The molecule has 0 amide bonds. The van der Waals surface area contributed by atoms with Crippen molar-refractivity contribution in [1.29, 1.82) is 0 Å². The van der Waals surface area contributed by atoms with Crippen molar-refractivity contribution in [2.24, 2.45) is 0 Å². The van der Waals surface area contributed by atoms with Gasteiger partial charge in [0.25, 0.3) is 0 Å². The molecule has 1 heterocycles. The van der Waals surface area contributed by atoms with Crippen molar-refractivity contribution in [3.05, 3.63) is 48.6 Å². The zero-order chi connectivity index (χ0) is 14.9. The van der Waals surface area contributed by atoms with E-state index in [4.69, 9.17) is 3.79 Å². The normalized spacial score (nSPS) is 16.8. The third-order valence-corrected chi connectivity index (χ3v) is 4.61. The molecular weight excluding hydrogens is 323 g/mol. The minimum Gasteiger partial charge on any atom is -0.501 e. The van der Waals surface area contributed by atoms with Gasteiger partial charge >= 0.3 is 36.2 Å². The van der Waals surface area contributed by atoms with Gasteiger partial charge in [0, 0.05) is 16.1 Å². The van der Waals surface area contributed by atoms with Gasteiger partial charge < -0.3 is 3.79 Å². The molecule has 3 aliphatic rings. The van der Waals surface area contributed by atoms with E-state index in [9.17, 15) is 0 Å². The summed E-state index contributed by atoms with van der Waals surface area (Å²) in [5, 5.41) is 1.40. The average Bonchev–Trinajstić information content (AvgIpc) is 3.20. The summed E-state index contributed by atoms with van der Waals surface area (Å²) in [6.45, 7) is 5.47. The molecule has 1 nitrogen and oxygen atoms in total. The van der Waals surface area contributed by atoms with Crippen molar-refractivity contribution in [2.75, 3.05) is 6.61 Å². The van der Waals surface area contributed by atoms with Crippen molar-refractivity contribution >= 4 is 24.0 Å². The first-order valence-corrected chi connectivity index (χ1v) is 12.4. The monoisotopic (exact) mass is 351 g/mol. The summed E-state index contributed by atoms with van der Waals surface area (Å²) in [6, 6.07) is 0. The second-order valence-corrected chi connectivity index (χ2v) is 8.45. The van der Waals surface area contributed by atoms with E-state index in [1.54, 1.807) is 0 Å². The molecule has 0 atom stereocenters. The first-order valence-electron chi connectivity index (χ1n) is 7.60. The Labute approximate surface area is 154 Å². The Morgan fingerprint density at radius 2 is 1.52 bits per heavy atom. The first-order chi connectivity index (χ1) is 9.81. The van der Waals surface area contributed by atoms with Gasteiger partial charge in [0.2, 0.25) is 0 Å². The molecule has 113 valence electrons. The molecule has 3 rings (SSSR count). The summed E-state index contributed by atoms with van der Waals surface area (Å²) in [5.74, 6) is 2.28. The summed E-state index contributed by atoms with van der Waals surface area (Å²) >= 11 is -0.595. The summed E-state index contributed by atoms with van der Waals surface area (Å²) in [7, 11) is 0.750. The average molecular weight is 351 g/mol. The molecule has 1 radical (unpaired) electrons. The molecule has 1 fully saturated rings. The van der Waals surface area contributed by atoms with Gasteiger partial charge in [-0.05, 0) is 6.42 Å². The molecule has 2 aliphatic carbocycles. The minimum atomic E-state index is -0.595. The predicted molar refractivity (Wildman–Crippen MR) is 93.6 cm³/mol. The molecule has 0 aromatic heterocycles. The van der Waals surface area contributed by atoms with Crippen LogP contribution in [0.25, 0.3) is 0 Å². The van der Waals surface area contributed by atoms with E-state index in [0.717, 1.165) is 29.0 Å². The molecular formula is C17H28AlOSiTi. The van der Waals surface area contributed by atoms with Crippen molar-refractivity contribution in [2.45, 2.75) is 49.8 Å². The maximum Gasteiger partial charge on any atom is 2.00 e. The topological polar surface area (TPSA) is 9.23 Å². The quantitative estimate of drug-likeness (QED) is 0.460. The van der Waals surface area contributed by atoms with Gasteiger partial charge in [-0.25, -0.2) is 24.3 Å². The van der Waals surface area contributed by atoms with Gasteiger partial charge in [0.05, 0.1) is 0 Å². The summed E-state index contributed by atoms with van der Waals surface area (Å²) in [6.07, 6.45) is 22.7. The van der Waals surface area contributed by atoms with Crippen molar-refractivity contribution < 1.29 is 25.5 Å². The van der Waals surface area contributed by atoms with E-state index in [1.165, 1.54) is 18.1 Å². The van der Waals surface area contributed by atoms with E-state index in [-0.39, 0.29) is 21.7 Å². The van der Waals surface area contributed by atoms with Gasteiger partial charge in [0.1, 0.15) is 0 Å². The van der Waals surface area contributed by atoms with Crippen molar-refractivity contribution in [1.82, 2.24) is 0 Å². The SMILES string of the molecule is C[SiH]C.[C-]1=CC=CC1.[C-]1=CC=CC1.[CH3][Al]1[CH2]CCC[O]1.[Ti+2]. The smallest absolute Gasteiger partial charge is 0.501 e. The molecule has 0 unspecified atom stereocenters. The molecule has 0 N–H and O–H groups in total. The van der Waals surface area contributed by atoms with Crippen LogP contribution in [0.4, 0.5) is 0 Å². The van der Waals surface area contributed by atoms with Crippen LogP contribution in [0.5, 0.6) is 0 Å². The van der Waals surface area contributed by atoms with Gasteiger partial charge in [-0.1, -0.05) is 30.6 Å². The van der Waals surface area contributed by atoms with Crippen molar-refractivity contribution in [3.8, 4) is 0 Å². The van der Waals surface area contributed by atoms with Gasteiger partial charge in [0.15, 0.2) is 0 Å². The Bertz CT molecular complexity index is 266. The second-order valence-electron chi connectivity index (χ2n) is 4.76. The van der Waals surface area contributed by atoms with Crippen molar-refractivity contribution in [3.63, 3.8) is 0 Å². The van der Waals surface area contributed by atoms with E-state index in [1.807, 2.05) is 24.3 Å². The third kappa shape index (κ3) is 20.4. The maximum absolute atomic E-state index is 5.42. The van der Waals surface area contributed by atoms with Crippen LogP contribution in [0.15, 0.2) is 36.5 Å². The van der Waals surface area contributed by atoms with Crippen LogP contribution in [0.1, 0.15) is 25.7 Å². The van der Waals surface area contributed by atoms with Crippen LogP contribution in [0.2, 0.25) is 24.2 Å². The fourth-order valence-corrected chi connectivity index (χ4v) is 3.18. The number of rotatable bonds is 0. The molecule has 1 aliphatic heterocycles. The number of hydrogen-bond donors (Lipinski definition) is 0. The minimum absolute atomic E-state index is 0. The molecule has 0 aromatic carbocycles. The third-order valence-electron chi connectivity index (χ3n) is 2.58.